The van der Waals surface area contributed by atoms with E-state index < -0.39 is 25.2 Å². The molecule has 0 spiro atoms. The highest BCUT2D eigenvalue weighted by molar-refractivity contribution is 7.57. The van der Waals surface area contributed by atoms with E-state index in [1.54, 1.807) is 0 Å². The van der Waals surface area contributed by atoms with E-state index in [1.165, 1.54) is 0 Å². The maximum atomic E-state index is 11.0. The van der Waals surface area contributed by atoms with Crippen molar-refractivity contribution < 1.29 is 29.3 Å². The molecule has 0 radical (unpaired) electrons. The smallest absolute Gasteiger partial charge is 0.307 e. The Kier molecular flexibility index (Phi) is 5.54. The van der Waals surface area contributed by atoms with Crippen LogP contribution in [0, 0.1) is 5.92 Å². The summed E-state index contributed by atoms with van der Waals surface area (Å²) in [5.41, 5.74) is 0. The van der Waals surface area contributed by atoms with Gasteiger partial charge in [-0.05, 0) is 12.8 Å². The minimum atomic E-state index is -3.37. The van der Waals surface area contributed by atoms with Crippen molar-refractivity contribution in [2.45, 2.75) is 19.3 Å². The van der Waals surface area contributed by atoms with E-state index in [1.807, 2.05) is 0 Å². The van der Waals surface area contributed by atoms with Gasteiger partial charge in [0.2, 0.25) is 0 Å². The van der Waals surface area contributed by atoms with Gasteiger partial charge in [0.25, 0.3) is 0 Å². The summed E-state index contributed by atoms with van der Waals surface area (Å²) in [6, 6.07) is 0. The van der Waals surface area contributed by atoms with Gasteiger partial charge in [0.1, 0.15) is 0 Å². The number of carboxylic acids is 2. The highest BCUT2D eigenvalue weighted by Gasteiger charge is 2.24. The minimum absolute atomic E-state index is 0.111. The molecule has 0 saturated carbocycles. The first-order valence-corrected chi connectivity index (χ1v) is 6.75. The molecule has 7 heteroatoms. The summed E-state index contributed by atoms with van der Waals surface area (Å²) in [5.74, 6) is -3.09. The van der Waals surface area contributed by atoms with Gasteiger partial charge in [-0.2, -0.15) is 0 Å². The Morgan fingerprint density at radius 2 is 1.87 bits per heavy atom. The van der Waals surface area contributed by atoms with Crippen LogP contribution in [0.1, 0.15) is 19.3 Å². The van der Waals surface area contributed by atoms with E-state index in [0.29, 0.717) is 0 Å². The average molecular weight is 238 g/mol. The molecule has 0 heterocycles. The summed E-state index contributed by atoms with van der Waals surface area (Å²) in [7, 11) is -3.37. The van der Waals surface area contributed by atoms with Crippen LogP contribution in [0.4, 0.5) is 0 Å². The highest BCUT2D eigenvalue weighted by atomic mass is 31.2. The van der Waals surface area contributed by atoms with Gasteiger partial charge in [-0.3, -0.25) is 14.2 Å². The molecule has 0 fully saturated rings. The van der Waals surface area contributed by atoms with Gasteiger partial charge in [0.15, 0.2) is 7.37 Å². The molecule has 88 valence electrons. The Balaban J connectivity index is 4.12. The third kappa shape index (κ3) is 8.15. The maximum Gasteiger partial charge on any atom is 0.307 e. The number of aliphatic carboxylic acids is 2. The molecule has 0 aromatic heterocycles. The highest BCUT2D eigenvalue weighted by Crippen LogP contribution is 2.38. The average Bonchev–Trinajstić information content (AvgIpc) is 1.99. The van der Waals surface area contributed by atoms with E-state index >= 15 is 0 Å². The summed E-state index contributed by atoms with van der Waals surface area (Å²) in [4.78, 5) is 29.9. The molecule has 3 N–H and O–H groups in total. The zero-order chi connectivity index (χ0) is 12.1. The van der Waals surface area contributed by atoms with Crippen LogP contribution in [-0.4, -0.2) is 39.9 Å². The minimum Gasteiger partial charge on any atom is -0.481 e. The summed E-state index contributed by atoms with van der Waals surface area (Å²) < 4.78 is 11.0. The lowest BCUT2D eigenvalue weighted by Crippen LogP contribution is -2.18. The van der Waals surface area contributed by atoms with Gasteiger partial charge >= 0.3 is 11.9 Å². The standard InChI is InChI=1S/C8H15O6P/c1-15(13,14)5-6(8(11)12)3-2-4-7(9)10/h6H,2-5H2,1H3,(H,9,10)(H,11,12)(H,13,14). The SMILES string of the molecule is CP(=O)(O)CC(CCCC(=O)O)C(=O)O. The normalized spacial score (nSPS) is 16.7. The fourth-order valence-corrected chi connectivity index (χ4v) is 2.36. The monoisotopic (exact) mass is 238 g/mol. The molecule has 0 aromatic rings. The number of carboxylic acid groups (broad SMARTS) is 2. The lowest BCUT2D eigenvalue weighted by molar-refractivity contribution is -0.142. The van der Waals surface area contributed by atoms with Crippen LogP contribution in [0.3, 0.4) is 0 Å². The molecule has 0 rings (SSSR count). The van der Waals surface area contributed by atoms with E-state index in [-0.39, 0.29) is 25.4 Å². The number of hydrogen-bond donors (Lipinski definition) is 3. The topological polar surface area (TPSA) is 112 Å². The van der Waals surface area contributed by atoms with Crippen molar-refractivity contribution in [3.05, 3.63) is 0 Å². The fraction of sp³-hybridized carbons (Fsp3) is 0.750. The Labute approximate surface area is 87.4 Å². The van der Waals surface area contributed by atoms with Crippen molar-refractivity contribution in [3.63, 3.8) is 0 Å². The molecule has 0 aromatic carbocycles. The number of hydrogen-bond acceptors (Lipinski definition) is 3. The van der Waals surface area contributed by atoms with Crippen molar-refractivity contribution in [2.24, 2.45) is 5.92 Å². The summed E-state index contributed by atoms with van der Waals surface area (Å²) in [5, 5.41) is 17.1. The lowest BCUT2D eigenvalue weighted by atomic mass is 10.0. The second-order valence-electron chi connectivity index (χ2n) is 3.55. The van der Waals surface area contributed by atoms with Crippen LogP contribution >= 0.6 is 7.37 Å². The second-order valence-corrected chi connectivity index (χ2v) is 6.02. The zero-order valence-corrected chi connectivity index (χ0v) is 9.31. The summed E-state index contributed by atoms with van der Waals surface area (Å²) in [6.45, 7) is 1.10. The zero-order valence-electron chi connectivity index (χ0n) is 8.42. The first-order valence-electron chi connectivity index (χ1n) is 4.46. The van der Waals surface area contributed by atoms with E-state index in [4.69, 9.17) is 15.1 Å². The quantitative estimate of drug-likeness (QED) is 0.566. The van der Waals surface area contributed by atoms with Gasteiger partial charge < -0.3 is 15.1 Å². The Morgan fingerprint density at radius 3 is 2.20 bits per heavy atom. The van der Waals surface area contributed by atoms with Gasteiger partial charge in [-0.25, -0.2) is 0 Å². The third-order valence-corrected chi connectivity index (χ3v) is 2.97. The molecule has 0 bridgehead atoms. The first kappa shape index (κ1) is 14.1. The van der Waals surface area contributed by atoms with Crippen molar-refractivity contribution >= 4 is 19.3 Å². The molecule has 2 unspecified atom stereocenters. The molecule has 0 amide bonds. The van der Waals surface area contributed by atoms with Gasteiger partial charge in [-0.15, -0.1) is 0 Å². The van der Waals surface area contributed by atoms with Gasteiger partial charge in [0, 0.05) is 19.2 Å². The predicted octanol–water partition coefficient (Wildman–Crippen LogP) is 0.842. The Hall–Kier alpha value is -0.870. The Bertz CT molecular complexity index is 281. The Morgan fingerprint density at radius 1 is 1.33 bits per heavy atom. The number of carbonyl (C=O) groups is 2. The summed E-state index contributed by atoms with van der Waals surface area (Å²) in [6.07, 6.45) is -0.114. The summed E-state index contributed by atoms with van der Waals surface area (Å²) >= 11 is 0. The lowest BCUT2D eigenvalue weighted by Gasteiger charge is -2.13. The van der Waals surface area contributed by atoms with Crippen LogP contribution in [0.25, 0.3) is 0 Å². The third-order valence-electron chi connectivity index (χ3n) is 1.85. The van der Waals surface area contributed by atoms with Crippen molar-refractivity contribution in [2.75, 3.05) is 12.8 Å². The van der Waals surface area contributed by atoms with Crippen LogP contribution in [0.15, 0.2) is 0 Å². The molecule has 0 aliphatic rings. The van der Waals surface area contributed by atoms with Crippen LogP contribution in [0.5, 0.6) is 0 Å². The van der Waals surface area contributed by atoms with Gasteiger partial charge in [-0.1, -0.05) is 0 Å². The first-order chi connectivity index (χ1) is 6.72. The molecular weight excluding hydrogens is 223 g/mol. The molecule has 15 heavy (non-hydrogen) atoms. The van der Waals surface area contributed by atoms with Crippen LogP contribution in [-0.2, 0) is 14.2 Å². The fourth-order valence-electron chi connectivity index (χ4n) is 1.20. The van der Waals surface area contributed by atoms with Crippen molar-refractivity contribution in [1.82, 2.24) is 0 Å². The molecule has 2 atom stereocenters. The molecule has 0 aliphatic carbocycles. The van der Waals surface area contributed by atoms with Gasteiger partial charge in [0.05, 0.1) is 5.92 Å². The molecule has 6 nitrogen and oxygen atoms in total. The van der Waals surface area contributed by atoms with E-state index in [9.17, 15) is 14.2 Å². The molecule has 0 saturated heterocycles. The van der Waals surface area contributed by atoms with Crippen LogP contribution < -0.4 is 0 Å². The van der Waals surface area contributed by atoms with Crippen LogP contribution in [0.2, 0.25) is 0 Å². The number of rotatable bonds is 7. The van der Waals surface area contributed by atoms with Crippen molar-refractivity contribution in [3.8, 4) is 0 Å². The van der Waals surface area contributed by atoms with E-state index in [2.05, 4.69) is 0 Å². The molecule has 0 aliphatic heterocycles. The van der Waals surface area contributed by atoms with Crippen molar-refractivity contribution in [1.29, 1.82) is 0 Å². The van der Waals surface area contributed by atoms with E-state index in [0.717, 1.165) is 6.66 Å². The maximum absolute atomic E-state index is 11.0. The second kappa shape index (κ2) is 5.88. The molecular formula is C8H15O6P. The predicted molar refractivity (Wildman–Crippen MR) is 53.2 cm³/mol. The largest absolute Gasteiger partial charge is 0.481 e.